The molecule has 1 unspecified atom stereocenters. The third-order valence-electron chi connectivity index (χ3n) is 2.51. The summed E-state index contributed by atoms with van der Waals surface area (Å²) in [4.78, 5) is 2.52. The molecule has 1 saturated heterocycles. The molecule has 1 aliphatic rings. The molecule has 1 aliphatic heterocycles. The summed E-state index contributed by atoms with van der Waals surface area (Å²) in [6.45, 7) is 8.46. The molecule has 0 radical (unpaired) electrons. The first-order valence-corrected chi connectivity index (χ1v) is 5.31. The Morgan fingerprint density at radius 3 is 2.92 bits per heavy atom. The van der Waals surface area contributed by atoms with Crippen molar-refractivity contribution in [1.29, 1.82) is 0 Å². The topological polar surface area (TPSA) is 12.5 Å². The Morgan fingerprint density at radius 1 is 1.54 bits per heavy atom. The van der Waals surface area contributed by atoms with E-state index in [1.54, 1.807) is 0 Å². The molecule has 0 N–H and O–H groups in total. The van der Waals surface area contributed by atoms with Gasteiger partial charge in [0.15, 0.2) is 0 Å². The Balaban J connectivity index is 2.35. The van der Waals surface area contributed by atoms with E-state index in [0.717, 1.165) is 19.8 Å². The van der Waals surface area contributed by atoms with Gasteiger partial charge in [-0.3, -0.25) is 4.90 Å². The minimum absolute atomic E-state index is 0.663. The van der Waals surface area contributed by atoms with Gasteiger partial charge in [0, 0.05) is 19.2 Å². The van der Waals surface area contributed by atoms with Crippen molar-refractivity contribution in [3.8, 4) is 0 Å². The van der Waals surface area contributed by atoms with Crippen LogP contribution in [0.1, 0.15) is 26.7 Å². The zero-order chi connectivity index (χ0) is 9.52. The van der Waals surface area contributed by atoms with E-state index in [1.165, 1.54) is 19.4 Å². The average Bonchev–Trinajstić information content (AvgIpc) is 2.65. The van der Waals surface area contributed by atoms with Gasteiger partial charge in [-0.15, -0.1) is 0 Å². The van der Waals surface area contributed by atoms with Crippen LogP contribution in [0, 0.1) is 0 Å². The lowest BCUT2D eigenvalue weighted by atomic mass is 10.2. The van der Waals surface area contributed by atoms with Crippen LogP contribution in [0.3, 0.4) is 0 Å². The molecule has 1 fully saturated rings. The van der Waals surface area contributed by atoms with Crippen LogP contribution in [0.15, 0.2) is 12.2 Å². The third-order valence-corrected chi connectivity index (χ3v) is 2.51. The largest absolute Gasteiger partial charge is 0.380 e. The molecule has 1 atom stereocenters. The maximum absolute atomic E-state index is 5.40. The molecule has 0 aromatic rings. The molecule has 1 heterocycles. The lowest BCUT2D eigenvalue weighted by Crippen LogP contribution is -2.36. The molecule has 1 rings (SSSR count). The first-order valence-electron chi connectivity index (χ1n) is 5.31. The number of allylic oxidation sites excluding steroid dienone is 1. The Hall–Kier alpha value is -0.340. The standard InChI is InChI=1S/C11H21NO/c1-3-5-8-12(7-4-2)11-6-9-13-10-11/h3,5,11H,4,6-10H2,1-2H3/b5-3+. The van der Waals surface area contributed by atoms with Crippen LogP contribution in [-0.4, -0.2) is 37.2 Å². The summed E-state index contributed by atoms with van der Waals surface area (Å²) >= 11 is 0. The second-order valence-electron chi connectivity index (χ2n) is 3.58. The van der Waals surface area contributed by atoms with E-state index in [1.807, 2.05) is 0 Å². The average molecular weight is 183 g/mol. The number of ether oxygens (including phenoxy) is 1. The Morgan fingerprint density at radius 2 is 2.38 bits per heavy atom. The molecular formula is C11H21NO. The number of nitrogens with zero attached hydrogens (tertiary/aromatic N) is 1. The SMILES string of the molecule is C/C=C/CN(CCC)C1CCOC1. The highest BCUT2D eigenvalue weighted by atomic mass is 16.5. The smallest absolute Gasteiger partial charge is 0.0622 e. The summed E-state index contributed by atoms with van der Waals surface area (Å²) in [6.07, 6.45) is 6.79. The minimum Gasteiger partial charge on any atom is -0.380 e. The fraction of sp³-hybridized carbons (Fsp3) is 0.818. The van der Waals surface area contributed by atoms with Crippen LogP contribution >= 0.6 is 0 Å². The van der Waals surface area contributed by atoms with Crippen LogP contribution in [0.5, 0.6) is 0 Å². The normalized spacial score (nSPS) is 23.5. The first-order chi connectivity index (χ1) is 6.38. The summed E-state index contributed by atoms with van der Waals surface area (Å²) < 4.78 is 5.40. The van der Waals surface area contributed by atoms with Crippen molar-refractivity contribution in [3.05, 3.63) is 12.2 Å². The van der Waals surface area contributed by atoms with E-state index >= 15 is 0 Å². The van der Waals surface area contributed by atoms with Crippen molar-refractivity contribution in [2.24, 2.45) is 0 Å². The van der Waals surface area contributed by atoms with Gasteiger partial charge in [-0.25, -0.2) is 0 Å². The van der Waals surface area contributed by atoms with Gasteiger partial charge >= 0.3 is 0 Å². The van der Waals surface area contributed by atoms with E-state index in [9.17, 15) is 0 Å². The van der Waals surface area contributed by atoms with Crippen molar-refractivity contribution in [1.82, 2.24) is 4.90 Å². The van der Waals surface area contributed by atoms with E-state index < -0.39 is 0 Å². The fourth-order valence-corrected chi connectivity index (χ4v) is 1.76. The molecule has 0 spiro atoms. The maximum Gasteiger partial charge on any atom is 0.0622 e. The Kier molecular flexibility index (Phi) is 5.09. The van der Waals surface area contributed by atoms with E-state index in [-0.39, 0.29) is 0 Å². The number of hydrogen-bond acceptors (Lipinski definition) is 2. The summed E-state index contributed by atoms with van der Waals surface area (Å²) in [6, 6.07) is 0.663. The quantitative estimate of drug-likeness (QED) is 0.605. The molecule has 0 aromatic heterocycles. The van der Waals surface area contributed by atoms with Crippen LogP contribution in [0.25, 0.3) is 0 Å². The molecule has 0 amide bonds. The number of rotatable bonds is 5. The maximum atomic E-state index is 5.40. The van der Waals surface area contributed by atoms with Gasteiger partial charge in [0.2, 0.25) is 0 Å². The Bertz CT molecular complexity index is 150. The number of hydrogen-bond donors (Lipinski definition) is 0. The van der Waals surface area contributed by atoms with E-state index in [4.69, 9.17) is 4.74 Å². The summed E-state index contributed by atoms with van der Waals surface area (Å²) in [7, 11) is 0. The van der Waals surface area contributed by atoms with Crippen molar-refractivity contribution in [2.45, 2.75) is 32.7 Å². The van der Waals surface area contributed by atoms with Gasteiger partial charge in [0.25, 0.3) is 0 Å². The fourth-order valence-electron chi connectivity index (χ4n) is 1.76. The molecule has 0 saturated carbocycles. The summed E-state index contributed by atoms with van der Waals surface area (Å²) in [5.41, 5.74) is 0. The zero-order valence-corrected chi connectivity index (χ0v) is 8.83. The zero-order valence-electron chi connectivity index (χ0n) is 8.83. The monoisotopic (exact) mass is 183 g/mol. The van der Waals surface area contributed by atoms with Gasteiger partial charge in [0.05, 0.1) is 6.61 Å². The Labute approximate surface area is 81.6 Å². The van der Waals surface area contributed by atoms with Gasteiger partial charge < -0.3 is 4.74 Å². The second-order valence-corrected chi connectivity index (χ2v) is 3.58. The molecule has 13 heavy (non-hydrogen) atoms. The third kappa shape index (κ3) is 3.49. The van der Waals surface area contributed by atoms with Gasteiger partial charge in [0.1, 0.15) is 0 Å². The molecule has 2 nitrogen and oxygen atoms in total. The van der Waals surface area contributed by atoms with Crippen molar-refractivity contribution in [3.63, 3.8) is 0 Å². The summed E-state index contributed by atoms with van der Waals surface area (Å²) in [5.74, 6) is 0. The molecular weight excluding hydrogens is 162 g/mol. The van der Waals surface area contributed by atoms with Gasteiger partial charge in [-0.05, 0) is 26.3 Å². The van der Waals surface area contributed by atoms with Crippen LogP contribution in [0.2, 0.25) is 0 Å². The van der Waals surface area contributed by atoms with Crippen molar-refractivity contribution in [2.75, 3.05) is 26.3 Å². The van der Waals surface area contributed by atoms with Crippen molar-refractivity contribution < 1.29 is 4.74 Å². The van der Waals surface area contributed by atoms with E-state index in [2.05, 4.69) is 30.9 Å². The molecule has 2 heteroatoms. The first kappa shape index (κ1) is 10.7. The van der Waals surface area contributed by atoms with Crippen LogP contribution < -0.4 is 0 Å². The molecule has 0 aromatic carbocycles. The highest BCUT2D eigenvalue weighted by molar-refractivity contribution is 4.85. The lowest BCUT2D eigenvalue weighted by molar-refractivity contribution is 0.151. The van der Waals surface area contributed by atoms with E-state index in [0.29, 0.717) is 6.04 Å². The summed E-state index contributed by atoms with van der Waals surface area (Å²) in [5, 5.41) is 0. The van der Waals surface area contributed by atoms with Crippen LogP contribution in [0.4, 0.5) is 0 Å². The van der Waals surface area contributed by atoms with Gasteiger partial charge in [-0.2, -0.15) is 0 Å². The van der Waals surface area contributed by atoms with Gasteiger partial charge in [-0.1, -0.05) is 19.1 Å². The lowest BCUT2D eigenvalue weighted by Gasteiger charge is -2.25. The van der Waals surface area contributed by atoms with Crippen LogP contribution in [-0.2, 0) is 4.74 Å². The van der Waals surface area contributed by atoms with Crippen molar-refractivity contribution >= 4 is 0 Å². The second kappa shape index (κ2) is 6.17. The molecule has 0 aliphatic carbocycles. The highest BCUT2D eigenvalue weighted by Crippen LogP contribution is 2.12. The molecule has 0 bridgehead atoms. The highest BCUT2D eigenvalue weighted by Gasteiger charge is 2.21. The molecule has 76 valence electrons. The predicted molar refractivity (Wildman–Crippen MR) is 55.9 cm³/mol. The minimum atomic E-state index is 0.663. The predicted octanol–water partition coefficient (Wildman–Crippen LogP) is 2.06.